The topological polar surface area (TPSA) is 43.8 Å². The number of nitrogens with zero attached hydrogens (tertiary/aromatic N) is 2. The molecule has 2 fully saturated rings. The summed E-state index contributed by atoms with van der Waals surface area (Å²) in [6.45, 7) is 1.42. The fraction of sp³-hybridized carbons (Fsp3) is 0.435. The van der Waals surface area contributed by atoms with Crippen molar-refractivity contribution in [3.63, 3.8) is 0 Å². The first-order valence-corrected chi connectivity index (χ1v) is 12.1. The first-order chi connectivity index (χ1) is 13.6. The number of amides is 1. The van der Waals surface area contributed by atoms with Gasteiger partial charge in [0, 0.05) is 0 Å². The first-order valence-electron chi connectivity index (χ1n) is 10.1. The Morgan fingerprint density at radius 1 is 1.04 bits per heavy atom. The predicted molar refractivity (Wildman–Crippen MR) is 106 cm³/mol. The van der Waals surface area contributed by atoms with E-state index in [0.29, 0.717) is 19.1 Å². The van der Waals surface area contributed by atoms with E-state index < -0.39 is 5.60 Å². The van der Waals surface area contributed by atoms with Gasteiger partial charge in [0.1, 0.15) is 0 Å². The number of carbonyl (C=O) groups excluding carboxylic acids is 1. The van der Waals surface area contributed by atoms with Crippen molar-refractivity contribution in [3.8, 4) is 0 Å². The minimum atomic E-state index is -1.38. The molecule has 1 N–H and O–H groups in total. The molecule has 1 saturated carbocycles. The Morgan fingerprint density at radius 3 is 2.21 bits per heavy atom. The van der Waals surface area contributed by atoms with Gasteiger partial charge in [0.05, 0.1) is 0 Å². The number of likely N-dealkylation sites (N-methyl/N-ethyl adjacent to an activating group) is 1. The van der Waals surface area contributed by atoms with E-state index >= 15 is 0 Å². The van der Waals surface area contributed by atoms with Crippen molar-refractivity contribution in [2.45, 2.75) is 37.3 Å². The third-order valence-corrected chi connectivity index (χ3v) is 8.93. The van der Waals surface area contributed by atoms with Crippen LogP contribution in [0.4, 0.5) is 0 Å². The van der Waals surface area contributed by atoms with Crippen LogP contribution in [0.15, 0.2) is 60.7 Å². The summed E-state index contributed by atoms with van der Waals surface area (Å²) in [5.74, 6) is -0.0796. The van der Waals surface area contributed by atoms with Crippen molar-refractivity contribution >= 4 is 5.91 Å². The van der Waals surface area contributed by atoms with Crippen LogP contribution in [-0.4, -0.2) is 45.2 Å². The molecule has 4 rings (SSSR count). The number of hydrogen-bond donors (Lipinski definition) is 1. The van der Waals surface area contributed by atoms with E-state index in [0.717, 1.165) is 31.2 Å². The minimum absolute atomic E-state index is 0.0240. The Labute approximate surface area is 178 Å². The Balaban J connectivity index is 1.44. The van der Waals surface area contributed by atoms with Gasteiger partial charge in [-0.15, -0.1) is 0 Å². The zero-order valence-corrected chi connectivity index (χ0v) is 18.5. The Kier molecular flexibility index (Phi) is 6.04. The maximum absolute atomic E-state index is 13.4. The number of likely N-dealkylation sites (tertiary alicyclic amines) is 1. The van der Waals surface area contributed by atoms with Crippen LogP contribution < -0.4 is 21.5 Å². The van der Waals surface area contributed by atoms with Crippen molar-refractivity contribution in [1.82, 2.24) is 8.01 Å². The Morgan fingerprint density at radius 2 is 1.61 bits per heavy atom. The molecular formula is C23H28IN2O2-. The Hall–Kier alpha value is -1.44. The molecule has 150 valence electrons. The zero-order valence-electron chi connectivity index (χ0n) is 16.3. The summed E-state index contributed by atoms with van der Waals surface area (Å²) in [7, 11) is 2.16. The average molecular weight is 491 g/mol. The summed E-state index contributed by atoms with van der Waals surface area (Å²) in [5.41, 5.74) is -0.629. The molecule has 1 aliphatic heterocycles. The van der Waals surface area contributed by atoms with Gasteiger partial charge in [-0.25, -0.2) is 0 Å². The van der Waals surface area contributed by atoms with Crippen molar-refractivity contribution < 1.29 is 31.4 Å². The van der Waals surface area contributed by atoms with Crippen LogP contribution in [0.1, 0.15) is 31.2 Å². The molecule has 2 aliphatic rings. The molecule has 2 aromatic rings. The van der Waals surface area contributed by atoms with E-state index in [1.807, 2.05) is 41.3 Å². The number of carbonyl (C=O) groups is 1. The molecule has 28 heavy (non-hydrogen) atoms. The molecule has 1 amide bonds. The van der Waals surface area contributed by atoms with Gasteiger partial charge < -0.3 is 0 Å². The summed E-state index contributed by atoms with van der Waals surface area (Å²) in [6.07, 6.45) is 4.04. The van der Waals surface area contributed by atoms with Gasteiger partial charge in [-0.05, 0) is 0 Å². The van der Waals surface area contributed by atoms with Crippen molar-refractivity contribution in [2.75, 3.05) is 20.1 Å². The summed E-state index contributed by atoms with van der Waals surface area (Å²) in [5, 5.41) is 11.6. The van der Waals surface area contributed by atoms with Gasteiger partial charge in [-0.3, -0.25) is 0 Å². The quantitative estimate of drug-likeness (QED) is 0.460. The molecular weight excluding hydrogens is 463 g/mol. The van der Waals surface area contributed by atoms with Gasteiger partial charge in [0.15, 0.2) is 0 Å². The number of hydrogen-bond acceptors (Lipinski definition) is 3. The van der Waals surface area contributed by atoms with E-state index in [9.17, 15) is 9.90 Å². The third kappa shape index (κ3) is 3.84. The van der Waals surface area contributed by atoms with Crippen LogP contribution in [0.5, 0.6) is 0 Å². The van der Waals surface area contributed by atoms with Gasteiger partial charge in [-0.1, -0.05) is 0 Å². The summed E-state index contributed by atoms with van der Waals surface area (Å²) in [4.78, 5) is 15.3. The van der Waals surface area contributed by atoms with E-state index in [2.05, 4.69) is 34.4 Å². The van der Waals surface area contributed by atoms with Crippen LogP contribution in [0, 0.1) is 9.49 Å². The Bertz CT molecular complexity index is 789. The van der Waals surface area contributed by atoms with E-state index in [1.54, 1.807) is 0 Å². The first kappa shape index (κ1) is 19.9. The van der Waals surface area contributed by atoms with Crippen molar-refractivity contribution in [1.29, 1.82) is 0 Å². The molecule has 0 spiro atoms. The summed E-state index contributed by atoms with van der Waals surface area (Å²) >= 11 is -0.220. The van der Waals surface area contributed by atoms with Crippen LogP contribution >= 0.6 is 0 Å². The standard InChI is InChI=1S/C23H28IN2O2/c1-25(24-20-14-6-3-7-15-20)21-16-26(17-21)22(27)23(28,19-12-8-9-13-19)18-10-4-2-5-11-18/h2-7,10-11,14-15,19,21,28H,8-9,12-13,16-17H2,1H3/q-1. The SMILES string of the molecule is CN([I-]c1ccccc1)C1CN(C(=O)C(O)(c2ccccc2)C2CCCC2)C1. The average Bonchev–Trinajstić information content (AvgIpc) is 3.23. The van der Waals surface area contributed by atoms with Crippen LogP contribution in [0.25, 0.3) is 0 Å². The number of aliphatic hydroxyl groups is 1. The number of halogens is 1. The van der Waals surface area contributed by atoms with Crippen molar-refractivity contribution in [2.24, 2.45) is 5.92 Å². The number of rotatable bonds is 6. The van der Waals surface area contributed by atoms with Gasteiger partial charge in [0.25, 0.3) is 0 Å². The van der Waals surface area contributed by atoms with E-state index in [4.69, 9.17) is 0 Å². The molecule has 0 aromatic heterocycles. The number of benzene rings is 2. The molecule has 1 heterocycles. The van der Waals surface area contributed by atoms with Crippen molar-refractivity contribution in [3.05, 3.63) is 69.8 Å². The fourth-order valence-corrected chi connectivity index (χ4v) is 6.71. The molecule has 4 nitrogen and oxygen atoms in total. The molecule has 1 unspecified atom stereocenters. The monoisotopic (exact) mass is 491 g/mol. The van der Waals surface area contributed by atoms with E-state index in [1.165, 1.54) is 3.57 Å². The van der Waals surface area contributed by atoms with Gasteiger partial charge in [0.2, 0.25) is 0 Å². The van der Waals surface area contributed by atoms with Gasteiger partial charge in [-0.2, -0.15) is 0 Å². The van der Waals surface area contributed by atoms with Gasteiger partial charge >= 0.3 is 178 Å². The molecule has 0 bridgehead atoms. The van der Waals surface area contributed by atoms with Crippen LogP contribution in [-0.2, 0) is 10.4 Å². The summed E-state index contributed by atoms with van der Waals surface area (Å²) in [6, 6.07) is 20.5. The molecule has 1 saturated heterocycles. The fourth-order valence-electron chi connectivity index (χ4n) is 4.35. The molecule has 1 aliphatic carbocycles. The van der Waals surface area contributed by atoms with Crippen LogP contribution in [0.3, 0.4) is 0 Å². The second-order valence-corrected chi connectivity index (χ2v) is 11.1. The third-order valence-electron chi connectivity index (χ3n) is 6.10. The molecule has 0 radical (unpaired) electrons. The maximum atomic E-state index is 13.4. The zero-order chi connectivity index (χ0) is 19.6. The normalized spacial score (nSPS) is 20.3. The molecule has 5 heteroatoms. The van der Waals surface area contributed by atoms with E-state index in [-0.39, 0.29) is 33.3 Å². The predicted octanol–water partition coefficient (Wildman–Crippen LogP) is 0.0808. The molecule has 1 atom stereocenters. The van der Waals surface area contributed by atoms with Crippen LogP contribution in [0.2, 0.25) is 0 Å². The summed E-state index contributed by atoms with van der Waals surface area (Å²) < 4.78 is 3.80. The molecule has 2 aromatic carbocycles. The second-order valence-electron chi connectivity index (χ2n) is 7.88. The second kappa shape index (κ2) is 8.51.